The highest BCUT2D eigenvalue weighted by Gasteiger charge is 2.09. The van der Waals surface area contributed by atoms with E-state index in [9.17, 15) is 4.39 Å². The second-order valence-electron chi connectivity index (χ2n) is 4.13. The third-order valence-corrected chi connectivity index (χ3v) is 2.38. The number of aliphatic hydroxyl groups excluding tert-OH is 1. The van der Waals surface area contributed by atoms with Crippen LogP contribution in [-0.2, 0) is 6.61 Å². The first kappa shape index (κ1) is 12.5. The summed E-state index contributed by atoms with van der Waals surface area (Å²) in [5, 5.41) is 13.2. The average molecular weight is 251 g/mol. The van der Waals surface area contributed by atoms with E-state index in [1.165, 1.54) is 6.07 Å². The van der Waals surface area contributed by atoms with Gasteiger partial charge in [0, 0.05) is 11.6 Å². The second kappa shape index (κ2) is 5.14. The molecule has 18 heavy (non-hydrogen) atoms. The molecule has 0 aromatic carbocycles. The maximum absolute atomic E-state index is 12.9. The SMILES string of the molecule is CC(C)n1cc(Oc2ncc(F)cc2CO)cn1. The summed E-state index contributed by atoms with van der Waals surface area (Å²) in [6.45, 7) is 3.65. The maximum Gasteiger partial charge on any atom is 0.225 e. The van der Waals surface area contributed by atoms with Gasteiger partial charge in [0.15, 0.2) is 5.75 Å². The van der Waals surface area contributed by atoms with Gasteiger partial charge in [-0.25, -0.2) is 9.37 Å². The van der Waals surface area contributed by atoms with Gasteiger partial charge < -0.3 is 9.84 Å². The van der Waals surface area contributed by atoms with Crippen molar-refractivity contribution in [2.24, 2.45) is 0 Å². The summed E-state index contributed by atoms with van der Waals surface area (Å²) in [6.07, 6.45) is 4.31. The van der Waals surface area contributed by atoms with Crippen molar-refractivity contribution >= 4 is 0 Å². The van der Waals surface area contributed by atoms with E-state index >= 15 is 0 Å². The van der Waals surface area contributed by atoms with E-state index in [4.69, 9.17) is 9.84 Å². The van der Waals surface area contributed by atoms with Crippen LogP contribution in [0.2, 0.25) is 0 Å². The van der Waals surface area contributed by atoms with E-state index in [1.54, 1.807) is 17.1 Å². The normalized spacial score (nSPS) is 10.9. The number of hydrogen-bond acceptors (Lipinski definition) is 4. The van der Waals surface area contributed by atoms with Gasteiger partial charge in [0.2, 0.25) is 5.88 Å². The second-order valence-corrected chi connectivity index (χ2v) is 4.13. The summed E-state index contributed by atoms with van der Waals surface area (Å²) in [7, 11) is 0. The minimum atomic E-state index is -0.510. The molecule has 0 saturated carbocycles. The Bertz CT molecular complexity index is 540. The Morgan fingerprint density at radius 1 is 1.44 bits per heavy atom. The van der Waals surface area contributed by atoms with Gasteiger partial charge in [0.1, 0.15) is 5.82 Å². The van der Waals surface area contributed by atoms with Crippen molar-refractivity contribution in [1.29, 1.82) is 0 Å². The van der Waals surface area contributed by atoms with E-state index in [0.717, 1.165) is 6.20 Å². The van der Waals surface area contributed by atoms with Gasteiger partial charge in [-0.1, -0.05) is 0 Å². The number of aromatic nitrogens is 3. The highest BCUT2D eigenvalue weighted by atomic mass is 19.1. The lowest BCUT2D eigenvalue weighted by atomic mass is 10.3. The van der Waals surface area contributed by atoms with Crippen molar-refractivity contribution in [2.45, 2.75) is 26.5 Å². The number of ether oxygens (including phenoxy) is 1. The zero-order valence-corrected chi connectivity index (χ0v) is 10.2. The van der Waals surface area contributed by atoms with Crippen LogP contribution in [0.5, 0.6) is 11.6 Å². The first-order chi connectivity index (χ1) is 8.60. The first-order valence-corrected chi connectivity index (χ1v) is 5.57. The Labute approximate surface area is 104 Å². The van der Waals surface area contributed by atoms with Crippen LogP contribution in [0.4, 0.5) is 4.39 Å². The summed E-state index contributed by atoms with van der Waals surface area (Å²) in [5.41, 5.74) is 0.298. The molecule has 0 unspecified atom stereocenters. The molecule has 0 fully saturated rings. The fourth-order valence-electron chi connectivity index (χ4n) is 1.44. The van der Waals surface area contributed by atoms with Crippen molar-refractivity contribution in [1.82, 2.24) is 14.8 Å². The van der Waals surface area contributed by atoms with Crippen LogP contribution in [0.3, 0.4) is 0 Å². The van der Waals surface area contributed by atoms with Crippen molar-refractivity contribution in [3.8, 4) is 11.6 Å². The highest BCUT2D eigenvalue weighted by molar-refractivity contribution is 5.30. The molecule has 2 heterocycles. The molecule has 2 rings (SSSR count). The van der Waals surface area contributed by atoms with E-state index in [0.29, 0.717) is 11.3 Å². The van der Waals surface area contributed by atoms with Gasteiger partial charge in [-0.05, 0) is 19.9 Å². The average Bonchev–Trinajstić information content (AvgIpc) is 2.80. The number of pyridine rings is 1. The Hall–Kier alpha value is -1.95. The molecule has 0 saturated heterocycles. The number of hydrogen-bond donors (Lipinski definition) is 1. The predicted octanol–water partition coefficient (Wildman–Crippen LogP) is 2.28. The zero-order valence-electron chi connectivity index (χ0n) is 10.2. The first-order valence-electron chi connectivity index (χ1n) is 5.57. The van der Waals surface area contributed by atoms with Crippen molar-refractivity contribution in [3.05, 3.63) is 36.0 Å². The number of halogens is 1. The highest BCUT2D eigenvalue weighted by Crippen LogP contribution is 2.23. The summed E-state index contributed by atoms with van der Waals surface area (Å²) >= 11 is 0. The predicted molar refractivity (Wildman–Crippen MR) is 62.8 cm³/mol. The summed E-state index contributed by atoms with van der Waals surface area (Å²) < 4.78 is 20.1. The van der Waals surface area contributed by atoms with Gasteiger partial charge >= 0.3 is 0 Å². The quantitative estimate of drug-likeness (QED) is 0.905. The van der Waals surface area contributed by atoms with Gasteiger partial charge in [-0.2, -0.15) is 5.10 Å². The number of nitrogens with zero attached hydrogens (tertiary/aromatic N) is 3. The lowest BCUT2D eigenvalue weighted by molar-refractivity contribution is 0.274. The third kappa shape index (κ3) is 2.65. The van der Waals surface area contributed by atoms with E-state index in [-0.39, 0.29) is 18.5 Å². The minimum absolute atomic E-state index is 0.183. The molecule has 5 nitrogen and oxygen atoms in total. The lowest BCUT2D eigenvalue weighted by Gasteiger charge is -2.06. The summed E-state index contributed by atoms with van der Waals surface area (Å²) in [6, 6.07) is 1.41. The van der Waals surface area contributed by atoms with Crippen LogP contribution < -0.4 is 4.74 Å². The molecule has 0 amide bonds. The summed E-state index contributed by atoms with van der Waals surface area (Å²) in [4.78, 5) is 3.80. The Morgan fingerprint density at radius 3 is 2.83 bits per heavy atom. The summed E-state index contributed by atoms with van der Waals surface area (Å²) in [5.74, 6) is 0.170. The Balaban J connectivity index is 2.22. The van der Waals surface area contributed by atoms with Crippen LogP contribution in [0, 0.1) is 5.82 Å². The van der Waals surface area contributed by atoms with Crippen molar-refractivity contribution in [3.63, 3.8) is 0 Å². The standard InChI is InChI=1S/C12H14FN3O2/c1-8(2)16-6-11(5-15-16)18-12-9(7-17)3-10(13)4-14-12/h3-6,8,17H,7H2,1-2H3. The Morgan fingerprint density at radius 2 is 2.22 bits per heavy atom. The molecule has 0 aliphatic heterocycles. The van der Waals surface area contributed by atoms with Gasteiger partial charge in [-0.15, -0.1) is 0 Å². The number of aliphatic hydroxyl groups is 1. The van der Waals surface area contributed by atoms with Crippen molar-refractivity contribution < 1.29 is 14.2 Å². The third-order valence-electron chi connectivity index (χ3n) is 2.38. The zero-order chi connectivity index (χ0) is 13.1. The number of rotatable bonds is 4. The molecule has 6 heteroatoms. The molecule has 0 bridgehead atoms. The topological polar surface area (TPSA) is 60.2 Å². The fourth-order valence-corrected chi connectivity index (χ4v) is 1.44. The molecule has 0 spiro atoms. The molecule has 0 atom stereocenters. The molecule has 0 radical (unpaired) electrons. The van der Waals surface area contributed by atoms with Gasteiger partial charge in [0.05, 0.1) is 25.2 Å². The van der Waals surface area contributed by atoms with Crippen LogP contribution in [-0.4, -0.2) is 19.9 Å². The molecular weight excluding hydrogens is 237 g/mol. The van der Waals surface area contributed by atoms with Crippen LogP contribution in [0.25, 0.3) is 0 Å². The van der Waals surface area contributed by atoms with Crippen LogP contribution in [0.15, 0.2) is 24.7 Å². The molecule has 0 aliphatic carbocycles. The van der Waals surface area contributed by atoms with Gasteiger partial charge in [-0.3, -0.25) is 4.68 Å². The molecule has 1 N–H and O–H groups in total. The largest absolute Gasteiger partial charge is 0.435 e. The van der Waals surface area contributed by atoms with Crippen LogP contribution in [0.1, 0.15) is 25.5 Å². The molecular formula is C12H14FN3O2. The van der Waals surface area contributed by atoms with E-state index in [2.05, 4.69) is 10.1 Å². The smallest absolute Gasteiger partial charge is 0.225 e. The van der Waals surface area contributed by atoms with Gasteiger partial charge in [0.25, 0.3) is 0 Å². The molecule has 2 aromatic heterocycles. The van der Waals surface area contributed by atoms with E-state index in [1.807, 2.05) is 13.8 Å². The Kier molecular flexibility index (Phi) is 3.57. The molecule has 2 aromatic rings. The maximum atomic E-state index is 12.9. The molecule has 96 valence electrons. The van der Waals surface area contributed by atoms with Crippen molar-refractivity contribution in [2.75, 3.05) is 0 Å². The van der Waals surface area contributed by atoms with Crippen LogP contribution >= 0.6 is 0 Å². The lowest BCUT2D eigenvalue weighted by Crippen LogP contribution is -2.00. The fraction of sp³-hybridized carbons (Fsp3) is 0.333. The monoisotopic (exact) mass is 251 g/mol. The minimum Gasteiger partial charge on any atom is -0.435 e. The molecule has 0 aliphatic rings. The van der Waals surface area contributed by atoms with E-state index < -0.39 is 5.82 Å².